The fourth-order valence-corrected chi connectivity index (χ4v) is 4.34. The highest BCUT2D eigenvalue weighted by molar-refractivity contribution is 6.44. The van der Waals surface area contributed by atoms with E-state index in [1.807, 2.05) is 0 Å². The van der Waals surface area contributed by atoms with Gasteiger partial charge in [0.05, 0.1) is 0 Å². The van der Waals surface area contributed by atoms with Crippen molar-refractivity contribution in [3.05, 3.63) is 0 Å². The van der Waals surface area contributed by atoms with E-state index in [0.29, 0.717) is 5.92 Å². The molecule has 0 amide bonds. The Morgan fingerprint density at radius 2 is 1.59 bits per heavy atom. The summed E-state index contributed by atoms with van der Waals surface area (Å²) in [5, 5.41) is 1.03. The van der Waals surface area contributed by atoms with E-state index in [1.54, 1.807) is 0 Å². The molecule has 2 atom stereocenters. The van der Waals surface area contributed by atoms with E-state index in [4.69, 9.17) is 17.1 Å². The molecule has 0 aromatic rings. The molecule has 0 bridgehead atoms. The van der Waals surface area contributed by atoms with E-state index < -0.39 is 14.8 Å². The van der Waals surface area contributed by atoms with Gasteiger partial charge in [-0.2, -0.15) is 0 Å². The van der Waals surface area contributed by atoms with Gasteiger partial charge >= 0.3 is 14.8 Å². The summed E-state index contributed by atoms with van der Waals surface area (Å²) in [6.07, 6.45) is 4.19. The first-order valence-corrected chi connectivity index (χ1v) is 8.54. The molecule has 2 unspecified atom stereocenters. The van der Waals surface area contributed by atoms with E-state index >= 15 is 0 Å². The Bertz CT molecular complexity index is 195. The predicted octanol–water partition coefficient (Wildman–Crippen LogP) is 2.44. The van der Waals surface area contributed by atoms with Crippen LogP contribution in [0.15, 0.2) is 0 Å². The molecule has 17 heavy (non-hydrogen) atoms. The second-order valence-corrected chi connectivity index (χ2v) is 7.09. The first-order valence-electron chi connectivity index (χ1n) is 6.78. The van der Waals surface area contributed by atoms with Crippen LogP contribution in [0, 0.1) is 5.92 Å². The van der Waals surface area contributed by atoms with Gasteiger partial charge in [0.1, 0.15) is 12.6 Å². The molecule has 98 valence electrons. The third-order valence-electron chi connectivity index (χ3n) is 3.05. The van der Waals surface area contributed by atoms with Gasteiger partial charge in [0.2, 0.25) is 0 Å². The van der Waals surface area contributed by atoms with Crippen molar-refractivity contribution in [2.24, 2.45) is 5.92 Å². The topological polar surface area (TPSA) is 36.9 Å². The molecule has 0 spiro atoms. The maximum absolute atomic E-state index is 6.00. The lowest BCUT2D eigenvalue weighted by Crippen LogP contribution is -2.33. The number of ether oxygens (including phenoxy) is 2. The quantitative estimate of drug-likeness (QED) is 0.686. The van der Waals surface area contributed by atoms with E-state index in [2.05, 4.69) is 13.8 Å². The summed E-state index contributed by atoms with van der Waals surface area (Å²) in [5.74, 6) is 0.606. The van der Waals surface area contributed by atoms with Gasteiger partial charge < -0.3 is 17.1 Å². The van der Waals surface area contributed by atoms with Crippen molar-refractivity contribution in [3.8, 4) is 0 Å². The highest BCUT2D eigenvalue weighted by atomic mass is 27.2. The Morgan fingerprint density at radius 1 is 1.06 bits per heavy atom. The third-order valence-corrected chi connectivity index (χ3v) is 5.59. The van der Waals surface area contributed by atoms with Crippen LogP contribution < -0.4 is 0 Å². The van der Waals surface area contributed by atoms with Gasteiger partial charge in [0.15, 0.2) is 0 Å². The molecule has 5 heteroatoms. The van der Waals surface area contributed by atoms with E-state index in [0.717, 1.165) is 44.2 Å². The van der Waals surface area contributed by atoms with Crippen molar-refractivity contribution >= 4 is 14.8 Å². The van der Waals surface area contributed by atoms with Gasteiger partial charge in [-0.05, 0) is 31.0 Å². The largest absolute Gasteiger partial charge is 0.678 e. The first-order chi connectivity index (χ1) is 8.24. The van der Waals surface area contributed by atoms with Crippen LogP contribution in [0.1, 0.15) is 39.5 Å². The molecule has 2 heterocycles. The molecule has 0 aromatic carbocycles. The summed E-state index contributed by atoms with van der Waals surface area (Å²) < 4.78 is 23.0. The van der Waals surface area contributed by atoms with Gasteiger partial charge in [0, 0.05) is 13.2 Å². The average molecular weight is 258 g/mol. The summed E-state index contributed by atoms with van der Waals surface area (Å²) >= 11 is -1.65. The van der Waals surface area contributed by atoms with E-state index in [9.17, 15) is 0 Å². The van der Waals surface area contributed by atoms with Gasteiger partial charge in [-0.3, -0.25) is 0 Å². The highest BCUT2D eigenvalue weighted by Gasteiger charge is 2.35. The number of hydrogen-bond donors (Lipinski definition) is 0. The zero-order chi connectivity index (χ0) is 12.1. The molecule has 2 aliphatic heterocycles. The van der Waals surface area contributed by atoms with Crippen molar-refractivity contribution in [2.75, 3.05) is 13.2 Å². The minimum atomic E-state index is -1.65. The maximum Gasteiger partial charge on any atom is 0.678 e. The Hall–Kier alpha value is 0.372. The average Bonchev–Trinajstić information content (AvgIpc) is 2.89. The van der Waals surface area contributed by atoms with Gasteiger partial charge in [-0.1, -0.05) is 19.8 Å². The maximum atomic E-state index is 6.00. The van der Waals surface area contributed by atoms with Crippen molar-refractivity contribution < 1.29 is 17.1 Å². The van der Waals surface area contributed by atoms with E-state index in [1.165, 1.54) is 0 Å². The van der Waals surface area contributed by atoms with Gasteiger partial charge in [-0.25, -0.2) is 0 Å². The third kappa shape index (κ3) is 4.86. The molecule has 2 fully saturated rings. The van der Waals surface area contributed by atoms with Crippen LogP contribution in [0.2, 0.25) is 5.28 Å². The summed E-state index contributed by atoms with van der Waals surface area (Å²) in [6.45, 7) is 6.07. The minimum Gasteiger partial charge on any atom is -0.455 e. The lowest BCUT2D eigenvalue weighted by Gasteiger charge is -2.22. The van der Waals surface area contributed by atoms with Crippen molar-refractivity contribution in [1.29, 1.82) is 0 Å². The monoisotopic (exact) mass is 258 g/mol. The van der Waals surface area contributed by atoms with Crippen LogP contribution >= 0.6 is 0 Å². The molecule has 2 saturated heterocycles. The fraction of sp³-hybridized carbons (Fsp3) is 1.00. The zero-order valence-corrected chi connectivity index (χ0v) is 12.0. The fourth-order valence-electron chi connectivity index (χ4n) is 2.18. The highest BCUT2D eigenvalue weighted by Crippen LogP contribution is 2.21. The SMILES string of the molecule is CC(C)[CH2][Al]([O]C1CCCO1)[O]C1CCCO1. The van der Waals surface area contributed by atoms with Crippen LogP contribution in [-0.4, -0.2) is 40.6 Å². The number of hydrogen-bond acceptors (Lipinski definition) is 4. The summed E-state index contributed by atoms with van der Waals surface area (Å²) in [7, 11) is 0. The van der Waals surface area contributed by atoms with Gasteiger partial charge in [-0.15, -0.1) is 0 Å². The Kier molecular flexibility index (Phi) is 5.75. The Balaban J connectivity index is 1.78. The molecule has 0 aromatic heterocycles. The molecule has 0 aliphatic carbocycles. The van der Waals surface area contributed by atoms with Crippen molar-refractivity contribution in [3.63, 3.8) is 0 Å². The summed E-state index contributed by atoms with van der Waals surface area (Å²) in [5.41, 5.74) is 0. The minimum absolute atomic E-state index is 0.0215. The normalized spacial score (nSPS) is 29.1. The summed E-state index contributed by atoms with van der Waals surface area (Å²) in [6, 6.07) is 0. The van der Waals surface area contributed by atoms with Gasteiger partial charge in [0.25, 0.3) is 0 Å². The molecule has 4 nitrogen and oxygen atoms in total. The molecule has 2 aliphatic rings. The molecule has 0 radical (unpaired) electrons. The first kappa shape index (κ1) is 13.8. The van der Waals surface area contributed by atoms with Crippen LogP contribution in [0.5, 0.6) is 0 Å². The zero-order valence-electron chi connectivity index (χ0n) is 10.9. The molecular weight excluding hydrogens is 235 g/mol. The Morgan fingerprint density at radius 3 is 1.94 bits per heavy atom. The number of rotatable bonds is 6. The van der Waals surface area contributed by atoms with Crippen molar-refractivity contribution in [1.82, 2.24) is 0 Å². The van der Waals surface area contributed by atoms with Crippen molar-refractivity contribution in [2.45, 2.75) is 57.4 Å². The van der Waals surface area contributed by atoms with E-state index in [-0.39, 0.29) is 12.6 Å². The second kappa shape index (κ2) is 7.08. The van der Waals surface area contributed by atoms with Crippen LogP contribution in [-0.2, 0) is 17.1 Å². The molecular formula is C12H23AlO4. The Labute approximate surface area is 109 Å². The second-order valence-electron chi connectivity index (χ2n) is 5.22. The molecule has 0 N–H and O–H groups in total. The lowest BCUT2D eigenvalue weighted by molar-refractivity contribution is -0.0938. The van der Waals surface area contributed by atoms with Crippen LogP contribution in [0.3, 0.4) is 0 Å². The molecule has 2 rings (SSSR count). The van der Waals surface area contributed by atoms with Crippen LogP contribution in [0.4, 0.5) is 0 Å². The smallest absolute Gasteiger partial charge is 0.455 e. The predicted molar refractivity (Wildman–Crippen MR) is 65.5 cm³/mol. The summed E-state index contributed by atoms with van der Waals surface area (Å²) in [4.78, 5) is 0. The molecule has 0 saturated carbocycles. The van der Waals surface area contributed by atoms with Crippen LogP contribution in [0.25, 0.3) is 0 Å². The standard InChI is InChI=1S/2C4H7O2.C4H9.Al/c2*5-4-2-1-3-6-4;1-4(2)3;/h2*4H,1-3H2;4H,1H2,2-3H3;/q2*-1;;+2. The lowest BCUT2D eigenvalue weighted by atomic mass is 10.3.